The Balaban J connectivity index is 1.47. The van der Waals surface area contributed by atoms with Gasteiger partial charge in [-0.3, -0.25) is 9.69 Å². The summed E-state index contributed by atoms with van der Waals surface area (Å²) in [6.07, 6.45) is 5.73. The SMILES string of the molecule is O=c1[nH]c2cc3c(cc2cc1C(c1nnnn1C1CCCCC1)N1CCOCC1)OCCO3. The lowest BCUT2D eigenvalue weighted by atomic mass is 9.95. The minimum atomic E-state index is -0.354. The van der Waals surface area contributed by atoms with Crippen LogP contribution in [0, 0.1) is 0 Å². The second kappa shape index (κ2) is 8.75. The van der Waals surface area contributed by atoms with Gasteiger partial charge in [0.1, 0.15) is 19.3 Å². The molecule has 174 valence electrons. The standard InChI is InChI=1S/C23H28N6O4/c30-23-17(12-15-13-19-20(14-18(15)24-23)33-11-10-32-19)21(28-6-8-31-9-7-28)22-25-26-27-29(22)16-4-2-1-3-5-16/h12-14,16,21H,1-11H2,(H,24,30). The van der Waals surface area contributed by atoms with E-state index in [0.717, 1.165) is 29.6 Å². The van der Waals surface area contributed by atoms with Crippen molar-refractivity contribution in [2.45, 2.75) is 44.2 Å². The number of aromatic amines is 1. The molecule has 0 spiro atoms. The van der Waals surface area contributed by atoms with Crippen LogP contribution < -0.4 is 15.0 Å². The average molecular weight is 453 g/mol. The van der Waals surface area contributed by atoms with Crippen LogP contribution >= 0.6 is 0 Å². The third kappa shape index (κ3) is 3.87. The van der Waals surface area contributed by atoms with Crippen molar-refractivity contribution in [3.05, 3.63) is 39.9 Å². The first-order valence-corrected chi connectivity index (χ1v) is 11.8. The van der Waals surface area contributed by atoms with E-state index in [0.29, 0.717) is 56.6 Å². The maximum Gasteiger partial charge on any atom is 0.253 e. The maximum atomic E-state index is 13.4. The molecule has 1 saturated heterocycles. The molecule has 3 aromatic rings. The normalized spacial score (nSPS) is 20.7. The Labute approximate surface area is 190 Å². The predicted octanol–water partition coefficient (Wildman–Crippen LogP) is 2.21. The summed E-state index contributed by atoms with van der Waals surface area (Å²) in [5.74, 6) is 2.08. The summed E-state index contributed by atoms with van der Waals surface area (Å²) in [5.41, 5.74) is 1.21. The third-order valence-corrected chi connectivity index (χ3v) is 6.92. The first kappa shape index (κ1) is 20.6. The van der Waals surface area contributed by atoms with Crippen LogP contribution in [0.15, 0.2) is 23.0 Å². The van der Waals surface area contributed by atoms with Crippen molar-refractivity contribution in [2.75, 3.05) is 39.5 Å². The first-order valence-electron chi connectivity index (χ1n) is 11.8. The molecular formula is C23H28N6O4. The summed E-state index contributed by atoms with van der Waals surface area (Å²) in [5, 5.41) is 13.8. The molecule has 2 fully saturated rings. The monoisotopic (exact) mass is 452 g/mol. The van der Waals surface area contributed by atoms with Crippen LogP contribution in [0.25, 0.3) is 10.9 Å². The number of nitrogens with zero attached hydrogens (tertiary/aromatic N) is 5. The highest BCUT2D eigenvalue weighted by molar-refractivity contribution is 5.83. The molecule has 0 amide bonds. The number of morpholine rings is 1. The summed E-state index contributed by atoms with van der Waals surface area (Å²) < 4.78 is 19.0. The van der Waals surface area contributed by atoms with Gasteiger partial charge in [0.25, 0.3) is 5.56 Å². The Morgan fingerprint density at radius 2 is 1.73 bits per heavy atom. The number of pyridine rings is 1. The zero-order chi connectivity index (χ0) is 22.2. The van der Waals surface area contributed by atoms with Crippen molar-refractivity contribution in [3.8, 4) is 11.5 Å². The number of ether oxygens (including phenoxy) is 3. The zero-order valence-corrected chi connectivity index (χ0v) is 18.5. The Bertz CT molecular complexity index is 1200. The molecule has 1 aromatic carbocycles. The Kier molecular flexibility index (Phi) is 5.47. The van der Waals surface area contributed by atoms with Gasteiger partial charge < -0.3 is 19.2 Å². The van der Waals surface area contributed by atoms with Gasteiger partial charge in [0, 0.05) is 30.1 Å². The van der Waals surface area contributed by atoms with Gasteiger partial charge in [0.2, 0.25) is 0 Å². The number of benzene rings is 1. The molecule has 1 saturated carbocycles. The van der Waals surface area contributed by atoms with Crippen LogP contribution in [0.4, 0.5) is 0 Å². The molecule has 10 heteroatoms. The Morgan fingerprint density at radius 1 is 0.970 bits per heavy atom. The molecule has 3 aliphatic rings. The van der Waals surface area contributed by atoms with Crippen LogP contribution in [-0.4, -0.2) is 69.6 Å². The molecule has 2 aromatic heterocycles. The van der Waals surface area contributed by atoms with E-state index in [4.69, 9.17) is 14.2 Å². The summed E-state index contributed by atoms with van der Waals surface area (Å²) in [7, 11) is 0. The molecule has 1 aliphatic carbocycles. The summed E-state index contributed by atoms with van der Waals surface area (Å²) in [6.45, 7) is 3.67. The number of tetrazole rings is 1. The van der Waals surface area contributed by atoms with Gasteiger partial charge in [-0.25, -0.2) is 4.68 Å². The quantitative estimate of drug-likeness (QED) is 0.642. The van der Waals surface area contributed by atoms with Gasteiger partial charge in [0.15, 0.2) is 17.3 Å². The number of H-pyrrole nitrogens is 1. The van der Waals surface area contributed by atoms with Crippen molar-refractivity contribution in [3.63, 3.8) is 0 Å². The number of aromatic nitrogens is 5. The van der Waals surface area contributed by atoms with Crippen LogP contribution in [0.2, 0.25) is 0 Å². The van der Waals surface area contributed by atoms with Gasteiger partial charge in [0.05, 0.1) is 24.8 Å². The number of fused-ring (bicyclic) bond motifs is 2. The molecule has 33 heavy (non-hydrogen) atoms. The largest absolute Gasteiger partial charge is 0.486 e. The lowest BCUT2D eigenvalue weighted by Crippen LogP contribution is -2.42. The lowest BCUT2D eigenvalue weighted by molar-refractivity contribution is 0.0209. The molecule has 1 atom stereocenters. The van der Waals surface area contributed by atoms with Crippen molar-refractivity contribution in [2.24, 2.45) is 0 Å². The van der Waals surface area contributed by atoms with E-state index >= 15 is 0 Å². The minimum absolute atomic E-state index is 0.145. The van der Waals surface area contributed by atoms with Crippen LogP contribution in [0.1, 0.15) is 55.6 Å². The van der Waals surface area contributed by atoms with Gasteiger partial charge >= 0.3 is 0 Å². The van der Waals surface area contributed by atoms with Gasteiger partial charge in [-0.15, -0.1) is 5.10 Å². The fourth-order valence-electron chi connectivity index (χ4n) is 5.26. The fourth-order valence-corrected chi connectivity index (χ4v) is 5.26. The zero-order valence-electron chi connectivity index (χ0n) is 18.5. The van der Waals surface area contributed by atoms with Gasteiger partial charge in [-0.05, 0) is 35.4 Å². The number of hydrogen-bond donors (Lipinski definition) is 1. The second-order valence-electron chi connectivity index (χ2n) is 8.96. The molecule has 1 unspecified atom stereocenters. The average Bonchev–Trinajstić information content (AvgIpc) is 3.34. The molecule has 0 bridgehead atoms. The number of rotatable bonds is 4. The second-order valence-corrected chi connectivity index (χ2v) is 8.96. The van der Waals surface area contributed by atoms with E-state index in [1.165, 1.54) is 19.3 Å². The topological polar surface area (TPSA) is 107 Å². The van der Waals surface area contributed by atoms with E-state index < -0.39 is 0 Å². The minimum Gasteiger partial charge on any atom is -0.486 e. The molecule has 6 rings (SSSR count). The summed E-state index contributed by atoms with van der Waals surface area (Å²) in [6, 6.07) is 5.64. The number of hydrogen-bond acceptors (Lipinski definition) is 8. The lowest BCUT2D eigenvalue weighted by Gasteiger charge is -2.34. The predicted molar refractivity (Wildman–Crippen MR) is 120 cm³/mol. The molecule has 0 radical (unpaired) electrons. The van der Waals surface area contributed by atoms with Crippen LogP contribution in [0.5, 0.6) is 11.5 Å². The molecule has 2 aliphatic heterocycles. The summed E-state index contributed by atoms with van der Waals surface area (Å²) >= 11 is 0. The van der Waals surface area contributed by atoms with Crippen LogP contribution in [0.3, 0.4) is 0 Å². The Hall–Kier alpha value is -2.98. The van der Waals surface area contributed by atoms with E-state index in [2.05, 4.69) is 25.4 Å². The first-order chi connectivity index (χ1) is 16.3. The Morgan fingerprint density at radius 3 is 2.52 bits per heavy atom. The van der Waals surface area contributed by atoms with Crippen molar-refractivity contribution in [1.82, 2.24) is 30.1 Å². The highest BCUT2D eigenvalue weighted by Crippen LogP contribution is 2.36. The van der Waals surface area contributed by atoms with Gasteiger partial charge in [-0.1, -0.05) is 19.3 Å². The van der Waals surface area contributed by atoms with E-state index in [1.54, 1.807) is 0 Å². The van der Waals surface area contributed by atoms with E-state index in [1.807, 2.05) is 22.9 Å². The van der Waals surface area contributed by atoms with Crippen LogP contribution in [-0.2, 0) is 4.74 Å². The highest BCUT2D eigenvalue weighted by atomic mass is 16.6. The summed E-state index contributed by atoms with van der Waals surface area (Å²) in [4.78, 5) is 18.7. The number of nitrogens with one attached hydrogen (secondary N) is 1. The highest BCUT2D eigenvalue weighted by Gasteiger charge is 2.33. The van der Waals surface area contributed by atoms with Gasteiger partial charge in [-0.2, -0.15) is 0 Å². The van der Waals surface area contributed by atoms with Crippen molar-refractivity contribution in [1.29, 1.82) is 0 Å². The smallest absolute Gasteiger partial charge is 0.253 e. The third-order valence-electron chi connectivity index (χ3n) is 6.92. The molecule has 1 N–H and O–H groups in total. The molecular weight excluding hydrogens is 424 g/mol. The maximum absolute atomic E-state index is 13.4. The molecule has 4 heterocycles. The van der Waals surface area contributed by atoms with Crippen molar-refractivity contribution >= 4 is 10.9 Å². The molecule has 10 nitrogen and oxygen atoms in total. The van der Waals surface area contributed by atoms with E-state index in [-0.39, 0.29) is 17.6 Å². The fraction of sp³-hybridized carbons (Fsp3) is 0.565. The van der Waals surface area contributed by atoms with Crippen molar-refractivity contribution < 1.29 is 14.2 Å². The van der Waals surface area contributed by atoms with E-state index in [9.17, 15) is 4.79 Å².